The Morgan fingerprint density at radius 3 is 2.53 bits per heavy atom. The van der Waals surface area contributed by atoms with Gasteiger partial charge in [-0.05, 0) is 30.3 Å². The van der Waals surface area contributed by atoms with Gasteiger partial charge in [0.1, 0.15) is 5.52 Å². The van der Waals surface area contributed by atoms with E-state index in [1.54, 1.807) is 0 Å². The summed E-state index contributed by atoms with van der Waals surface area (Å²) in [6.07, 6.45) is -2.43. The molecule has 0 unspecified atom stereocenters. The molecule has 0 radical (unpaired) electrons. The van der Waals surface area contributed by atoms with E-state index in [4.69, 9.17) is 0 Å². The summed E-state index contributed by atoms with van der Waals surface area (Å²) in [7, 11) is 3.74. The topological polar surface area (TPSA) is 8.81 Å². The van der Waals surface area contributed by atoms with Gasteiger partial charge in [0.25, 0.3) is 5.65 Å². The molecule has 0 aliphatic heterocycles. The number of aryl methyl sites for hydroxylation is 2. The van der Waals surface area contributed by atoms with Crippen LogP contribution in [-0.2, 0) is 20.3 Å². The second-order valence-electron chi connectivity index (χ2n) is 4.65. The van der Waals surface area contributed by atoms with Gasteiger partial charge in [-0.1, -0.05) is 0 Å². The minimum absolute atomic E-state index is 0.612. The minimum Gasteiger partial charge on any atom is -0.236 e. The molecule has 3 aromatic rings. The molecule has 0 bridgehead atoms. The highest BCUT2D eigenvalue weighted by Crippen LogP contribution is 2.34. The molecular weight excluding hydrogens is 253 g/mol. The fourth-order valence-electron chi connectivity index (χ4n) is 2.57. The smallest absolute Gasteiger partial charge is 0.236 e. The molecular formula is C14H12F3N2+. The molecule has 3 rings (SSSR count). The molecule has 0 N–H and O–H groups in total. The zero-order valence-electron chi connectivity index (χ0n) is 10.5. The zero-order valence-corrected chi connectivity index (χ0v) is 10.5. The van der Waals surface area contributed by atoms with Crippen LogP contribution < -0.4 is 4.57 Å². The fourth-order valence-corrected chi connectivity index (χ4v) is 2.57. The molecule has 0 saturated heterocycles. The Hall–Kier alpha value is -2.04. The molecule has 19 heavy (non-hydrogen) atoms. The molecule has 0 atom stereocenters. The maximum Gasteiger partial charge on any atom is 0.416 e. The molecule has 0 amide bonds. The summed E-state index contributed by atoms with van der Waals surface area (Å²) in [6.45, 7) is 0. The first kappa shape index (κ1) is 12.0. The third-order valence-corrected chi connectivity index (χ3v) is 3.44. The van der Waals surface area contributed by atoms with Crippen LogP contribution in [0.4, 0.5) is 13.2 Å². The maximum atomic E-state index is 12.8. The second-order valence-corrected chi connectivity index (χ2v) is 4.65. The fraction of sp³-hybridized carbons (Fsp3) is 0.214. The van der Waals surface area contributed by atoms with E-state index in [1.165, 1.54) is 12.1 Å². The summed E-state index contributed by atoms with van der Waals surface area (Å²) in [4.78, 5) is 0. The lowest BCUT2D eigenvalue weighted by Crippen LogP contribution is -2.29. The Morgan fingerprint density at radius 2 is 1.84 bits per heavy atom. The monoisotopic (exact) mass is 265 g/mol. The largest absolute Gasteiger partial charge is 0.416 e. The van der Waals surface area contributed by atoms with Crippen LogP contribution in [0.15, 0.2) is 36.5 Å². The highest BCUT2D eigenvalue weighted by atomic mass is 19.4. The van der Waals surface area contributed by atoms with E-state index in [0.29, 0.717) is 5.39 Å². The number of pyridine rings is 1. The number of aromatic nitrogens is 2. The third kappa shape index (κ3) is 1.69. The van der Waals surface area contributed by atoms with Gasteiger partial charge in [0.15, 0.2) is 0 Å². The van der Waals surface area contributed by atoms with Gasteiger partial charge >= 0.3 is 6.18 Å². The molecule has 2 aromatic heterocycles. The first-order valence-electron chi connectivity index (χ1n) is 5.83. The van der Waals surface area contributed by atoms with Crippen molar-refractivity contribution in [2.45, 2.75) is 6.18 Å². The molecule has 2 nitrogen and oxygen atoms in total. The number of fused-ring (bicyclic) bond motifs is 3. The molecule has 0 aliphatic carbocycles. The molecule has 2 heterocycles. The van der Waals surface area contributed by atoms with Crippen LogP contribution in [0.1, 0.15) is 5.56 Å². The highest BCUT2D eigenvalue weighted by Gasteiger charge is 2.31. The lowest BCUT2D eigenvalue weighted by Gasteiger charge is -2.05. The van der Waals surface area contributed by atoms with Gasteiger partial charge in [0.2, 0.25) is 0 Å². The molecule has 0 fully saturated rings. The van der Waals surface area contributed by atoms with Crippen molar-refractivity contribution < 1.29 is 17.7 Å². The van der Waals surface area contributed by atoms with E-state index in [-0.39, 0.29) is 0 Å². The van der Waals surface area contributed by atoms with Crippen molar-refractivity contribution in [2.75, 3.05) is 0 Å². The number of benzene rings is 1. The van der Waals surface area contributed by atoms with E-state index >= 15 is 0 Å². The summed E-state index contributed by atoms with van der Waals surface area (Å²) in [6, 6.07) is 7.55. The van der Waals surface area contributed by atoms with Gasteiger partial charge in [-0.3, -0.25) is 0 Å². The van der Waals surface area contributed by atoms with Crippen LogP contribution in [0.3, 0.4) is 0 Å². The standard InChI is InChI=1S/C14H12F3N2/c1-18-7-3-4-10-11-8-9(14(15,16)17)5-6-12(11)19(2)13(10)18/h3-8H,1-2H3/q+1. The van der Waals surface area contributed by atoms with E-state index in [2.05, 4.69) is 0 Å². The van der Waals surface area contributed by atoms with E-state index in [0.717, 1.165) is 22.6 Å². The Labute approximate surface area is 107 Å². The second kappa shape index (κ2) is 3.73. The van der Waals surface area contributed by atoms with Gasteiger partial charge in [0.05, 0.1) is 31.2 Å². The maximum absolute atomic E-state index is 12.8. The van der Waals surface area contributed by atoms with Crippen LogP contribution in [-0.4, -0.2) is 4.57 Å². The lowest BCUT2D eigenvalue weighted by atomic mass is 10.1. The van der Waals surface area contributed by atoms with Crippen molar-refractivity contribution in [1.29, 1.82) is 0 Å². The van der Waals surface area contributed by atoms with E-state index in [1.807, 2.05) is 41.6 Å². The lowest BCUT2D eigenvalue weighted by molar-refractivity contribution is -0.647. The summed E-state index contributed by atoms with van der Waals surface area (Å²) >= 11 is 0. The van der Waals surface area contributed by atoms with Gasteiger partial charge in [-0.2, -0.15) is 13.2 Å². The van der Waals surface area contributed by atoms with E-state index in [9.17, 15) is 13.2 Å². The van der Waals surface area contributed by atoms with Crippen molar-refractivity contribution >= 4 is 21.9 Å². The van der Waals surface area contributed by atoms with Crippen LogP contribution in [0, 0.1) is 0 Å². The SMILES string of the molecule is Cn1c2ccc(C(F)(F)F)cc2c2ccc[n+](C)c21. The van der Waals surface area contributed by atoms with Crippen molar-refractivity contribution in [3.05, 3.63) is 42.1 Å². The van der Waals surface area contributed by atoms with Crippen LogP contribution >= 0.6 is 0 Å². The number of halogens is 3. The van der Waals surface area contributed by atoms with Crippen LogP contribution in [0.5, 0.6) is 0 Å². The first-order chi connectivity index (χ1) is 8.89. The molecule has 98 valence electrons. The predicted molar refractivity (Wildman–Crippen MR) is 66.6 cm³/mol. The summed E-state index contributed by atoms with van der Waals surface area (Å²) < 4.78 is 42.2. The zero-order chi connectivity index (χ0) is 13.8. The van der Waals surface area contributed by atoms with E-state index < -0.39 is 11.7 Å². The summed E-state index contributed by atoms with van der Waals surface area (Å²) in [5.74, 6) is 0. The van der Waals surface area contributed by atoms with Gasteiger partial charge in [-0.25, -0.2) is 9.13 Å². The van der Waals surface area contributed by atoms with Gasteiger partial charge in [0, 0.05) is 5.39 Å². The average molecular weight is 265 g/mol. The normalized spacial score (nSPS) is 12.5. The number of rotatable bonds is 0. The summed E-state index contributed by atoms with van der Waals surface area (Å²) in [5.41, 5.74) is 1.08. The minimum atomic E-state index is -4.31. The van der Waals surface area contributed by atoms with Crippen LogP contribution in [0.25, 0.3) is 21.9 Å². The quantitative estimate of drug-likeness (QED) is 0.552. The number of hydrogen-bond donors (Lipinski definition) is 0. The van der Waals surface area contributed by atoms with Crippen LogP contribution in [0.2, 0.25) is 0 Å². The number of alkyl halides is 3. The molecule has 1 aromatic carbocycles. The van der Waals surface area contributed by atoms with Gasteiger partial charge in [-0.15, -0.1) is 0 Å². The third-order valence-electron chi connectivity index (χ3n) is 3.44. The Bertz CT molecular complexity index is 785. The number of nitrogens with zero attached hydrogens (tertiary/aromatic N) is 2. The molecule has 0 spiro atoms. The summed E-state index contributed by atoms with van der Waals surface area (Å²) in [5, 5.41) is 1.46. The van der Waals surface area contributed by atoms with Crippen molar-refractivity contribution in [1.82, 2.24) is 4.57 Å². The number of hydrogen-bond acceptors (Lipinski definition) is 0. The van der Waals surface area contributed by atoms with Crippen molar-refractivity contribution in [3.63, 3.8) is 0 Å². The Kier molecular flexibility index (Phi) is 2.36. The first-order valence-corrected chi connectivity index (χ1v) is 5.83. The molecule has 5 heteroatoms. The molecule has 0 aliphatic rings. The van der Waals surface area contributed by atoms with Crippen molar-refractivity contribution in [3.8, 4) is 0 Å². The Balaban J connectivity index is 2.47. The highest BCUT2D eigenvalue weighted by molar-refractivity contribution is 6.05. The molecule has 0 saturated carbocycles. The predicted octanol–water partition coefficient (Wildman–Crippen LogP) is 3.17. The van der Waals surface area contributed by atoms with Crippen molar-refractivity contribution in [2.24, 2.45) is 14.1 Å². The van der Waals surface area contributed by atoms with Gasteiger partial charge < -0.3 is 0 Å². The Morgan fingerprint density at radius 1 is 1.11 bits per heavy atom. The average Bonchev–Trinajstić information content (AvgIpc) is 2.63.